The number of rotatable bonds is 10. The van der Waals surface area contributed by atoms with Crippen LogP contribution in [0, 0.1) is 5.41 Å². The van der Waals surface area contributed by atoms with Crippen molar-refractivity contribution in [1.82, 2.24) is 10.6 Å². The van der Waals surface area contributed by atoms with Crippen molar-refractivity contribution in [2.24, 2.45) is 5.41 Å². The lowest BCUT2D eigenvalue weighted by molar-refractivity contribution is -0.258. The molecular formula is C23H32N2O6S. The number of nitrogens with one attached hydrogen (secondary N) is 2. The number of thioether (sulfide) groups is 1. The van der Waals surface area contributed by atoms with E-state index in [1.807, 2.05) is 38.1 Å². The normalized spacial score (nSPS) is 20.0. The van der Waals surface area contributed by atoms with E-state index >= 15 is 0 Å². The number of hydrogen-bond donors (Lipinski definition) is 2. The summed E-state index contributed by atoms with van der Waals surface area (Å²) in [4.78, 5) is 36.1. The Morgan fingerprint density at radius 3 is 2.56 bits per heavy atom. The summed E-state index contributed by atoms with van der Waals surface area (Å²) in [5, 5.41) is 5.48. The summed E-state index contributed by atoms with van der Waals surface area (Å²) >= 11 is 1.15. The second kappa shape index (κ2) is 12.6. The number of carbonyl (C=O) groups is 3. The second-order valence-corrected chi connectivity index (χ2v) is 9.08. The Morgan fingerprint density at radius 1 is 1.19 bits per heavy atom. The van der Waals surface area contributed by atoms with Crippen LogP contribution in [0.3, 0.4) is 0 Å². The van der Waals surface area contributed by atoms with Gasteiger partial charge in [-0.25, -0.2) is 0 Å². The summed E-state index contributed by atoms with van der Waals surface area (Å²) in [6, 6.07) is 7.30. The number of ether oxygens (including phenoxy) is 3. The van der Waals surface area contributed by atoms with Gasteiger partial charge in [-0.1, -0.05) is 43.8 Å². The quantitative estimate of drug-likeness (QED) is 0.405. The molecule has 1 saturated heterocycles. The van der Waals surface area contributed by atoms with Crippen molar-refractivity contribution in [3.63, 3.8) is 0 Å². The summed E-state index contributed by atoms with van der Waals surface area (Å²) in [5.41, 5.74) is 0.274. The van der Waals surface area contributed by atoms with Crippen LogP contribution in [-0.4, -0.2) is 55.6 Å². The molecule has 0 aliphatic carbocycles. The summed E-state index contributed by atoms with van der Waals surface area (Å²) in [6.07, 6.45) is 1.93. The van der Waals surface area contributed by atoms with E-state index in [1.54, 1.807) is 20.1 Å². The molecule has 1 aromatic rings. The molecule has 0 aromatic heterocycles. The first-order chi connectivity index (χ1) is 15.3. The van der Waals surface area contributed by atoms with Crippen LogP contribution in [0.5, 0.6) is 5.75 Å². The van der Waals surface area contributed by atoms with Gasteiger partial charge in [-0.2, -0.15) is 0 Å². The highest BCUT2D eigenvalue weighted by Gasteiger charge is 2.43. The van der Waals surface area contributed by atoms with Gasteiger partial charge in [-0.3, -0.25) is 14.4 Å². The lowest BCUT2D eigenvalue weighted by Crippen LogP contribution is -2.52. The van der Waals surface area contributed by atoms with E-state index in [2.05, 4.69) is 10.6 Å². The van der Waals surface area contributed by atoms with E-state index in [1.165, 1.54) is 6.08 Å². The largest absolute Gasteiger partial charge is 0.497 e. The van der Waals surface area contributed by atoms with Crippen molar-refractivity contribution in [2.45, 2.75) is 39.6 Å². The minimum atomic E-state index is -0.722. The Morgan fingerprint density at radius 2 is 1.91 bits per heavy atom. The number of allylic oxidation sites excluding steroid dienone is 1. The van der Waals surface area contributed by atoms with Crippen molar-refractivity contribution in [3.05, 3.63) is 42.0 Å². The van der Waals surface area contributed by atoms with Crippen LogP contribution >= 0.6 is 11.8 Å². The van der Waals surface area contributed by atoms with Crippen molar-refractivity contribution in [1.29, 1.82) is 0 Å². The van der Waals surface area contributed by atoms with Gasteiger partial charge in [0.2, 0.25) is 16.9 Å². The first-order valence-corrected chi connectivity index (χ1v) is 11.5. The second-order valence-electron chi connectivity index (χ2n) is 7.98. The van der Waals surface area contributed by atoms with Gasteiger partial charge in [-0.05, 0) is 25.1 Å². The van der Waals surface area contributed by atoms with Crippen molar-refractivity contribution < 1.29 is 28.6 Å². The maximum absolute atomic E-state index is 12.8. The molecule has 2 N–H and O–H groups in total. The molecule has 176 valence electrons. The van der Waals surface area contributed by atoms with E-state index < -0.39 is 17.8 Å². The number of benzene rings is 1. The van der Waals surface area contributed by atoms with Crippen LogP contribution in [0.4, 0.5) is 0 Å². The molecule has 2 atom stereocenters. The van der Waals surface area contributed by atoms with Crippen LogP contribution in [0.25, 0.3) is 0 Å². The summed E-state index contributed by atoms with van der Waals surface area (Å²) in [5.74, 6) is 0.753. The summed E-state index contributed by atoms with van der Waals surface area (Å²) < 4.78 is 17.0. The first-order valence-electron chi connectivity index (χ1n) is 10.5. The van der Waals surface area contributed by atoms with E-state index in [0.717, 1.165) is 23.1 Å². The topological polar surface area (TPSA) is 103 Å². The van der Waals surface area contributed by atoms with E-state index in [-0.39, 0.29) is 29.9 Å². The van der Waals surface area contributed by atoms with Gasteiger partial charge >= 0.3 is 0 Å². The third-order valence-electron chi connectivity index (χ3n) is 4.82. The molecule has 1 aliphatic rings. The van der Waals surface area contributed by atoms with Crippen molar-refractivity contribution in [3.8, 4) is 5.75 Å². The summed E-state index contributed by atoms with van der Waals surface area (Å²) in [6.45, 7) is 6.52. The zero-order chi connectivity index (χ0) is 23.6. The van der Waals surface area contributed by atoms with Gasteiger partial charge in [0.05, 0.1) is 13.7 Å². The molecule has 1 fully saturated rings. The fourth-order valence-corrected chi connectivity index (χ4v) is 3.71. The Hall–Kier alpha value is -2.36. The molecule has 0 bridgehead atoms. The molecule has 1 unspecified atom stereocenters. The molecule has 1 aromatic carbocycles. The van der Waals surface area contributed by atoms with Crippen LogP contribution in [-0.2, 0) is 23.9 Å². The van der Waals surface area contributed by atoms with E-state index in [0.29, 0.717) is 18.9 Å². The number of methoxy groups -OCH3 is 1. The van der Waals surface area contributed by atoms with Crippen molar-refractivity contribution >= 4 is 28.7 Å². The molecule has 1 aliphatic heterocycles. The first kappa shape index (κ1) is 25.9. The van der Waals surface area contributed by atoms with Gasteiger partial charge in [0, 0.05) is 36.2 Å². The van der Waals surface area contributed by atoms with Gasteiger partial charge in [0.15, 0.2) is 6.29 Å². The number of amides is 2. The smallest absolute Gasteiger partial charge is 0.249 e. The average Bonchev–Trinajstić information content (AvgIpc) is 2.77. The Labute approximate surface area is 193 Å². The Kier molecular flexibility index (Phi) is 10.2. The van der Waals surface area contributed by atoms with Gasteiger partial charge in [0.25, 0.3) is 0 Å². The summed E-state index contributed by atoms with van der Waals surface area (Å²) in [7, 11) is 1.59. The molecule has 9 heteroatoms. The minimum absolute atomic E-state index is 0.0407. The molecule has 0 radical (unpaired) electrons. The molecule has 32 heavy (non-hydrogen) atoms. The Bertz CT molecular complexity index is 809. The predicted molar refractivity (Wildman–Crippen MR) is 123 cm³/mol. The van der Waals surface area contributed by atoms with Gasteiger partial charge < -0.3 is 24.8 Å². The van der Waals surface area contributed by atoms with Gasteiger partial charge in [0.1, 0.15) is 11.9 Å². The predicted octanol–water partition coefficient (Wildman–Crippen LogP) is 2.59. The SMILES string of the molecule is C/C=C/C(=O)SCCNC(=O)CCNC(=O)[C@@H]1OC(c2ccc(OC)cc2)OCC1(C)C. The molecule has 8 nitrogen and oxygen atoms in total. The number of carbonyl (C=O) groups excluding carboxylic acids is 3. The highest BCUT2D eigenvalue weighted by Crippen LogP contribution is 2.36. The van der Waals surface area contributed by atoms with Crippen molar-refractivity contribution in [2.75, 3.05) is 32.6 Å². The third kappa shape index (κ3) is 7.96. The van der Waals surface area contributed by atoms with E-state index in [9.17, 15) is 14.4 Å². The highest BCUT2D eigenvalue weighted by molar-refractivity contribution is 8.14. The molecular weight excluding hydrogens is 432 g/mol. The molecule has 0 saturated carbocycles. The van der Waals surface area contributed by atoms with Crippen LogP contribution < -0.4 is 15.4 Å². The zero-order valence-electron chi connectivity index (χ0n) is 19.0. The standard InChI is InChI=1S/C23H32N2O6S/c1-5-6-19(27)32-14-13-24-18(26)11-12-25-21(28)20-23(2,3)15-30-22(31-20)16-7-9-17(29-4)10-8-16/h5-10,20,22H,11-15H2,1-4H3,(H,24,26)(H,25,28)/b6-5+/t20-,22?/m0/s1. The number of hydrogen-bond acceptors (Lipinski definition) is 7. The minimum Gasteiger partial charge on any atom is -0.497 e. The average molecular weight is 465 g/mol. The Balaban J connectivity index is 1.78. The van der Waals surface area contributed by atoms with E-state index in [4.69, 9.17) is 14.2 Å². The fourth-order valence-electron chi connectivity index (χ4n) is 3.07. The molecule has 2 amide bonds. The van der Waals surface area contributed by atoms with Gasteiger partial charge in [-0.15, -0.1) is 0 Å². The third-order valence-corrected chi connectivity index (χ3v) is 5.65. The molecule has 2 rings (SSSR count). The highest BCUT2D eigenvalue weighted by atomic mass is 32.2. The maximum Gasteiger partial charge on any atom is 0.249 e. The van der Waals surface area contributed by atoms with Crippen LogP contribution in [0.1, 0.15) is 39.0 Å². The van der Waals surface area contributed by atoms with Crippen LogP contribution in [0.15, 0.2) is 36.4 Å². The lowest BCUT2D eigenvalue weighted by atomic mass is 9.85. The maximum atomic E-state index is 12.8. The lowest BCUT2D eigenvalue weighted by Gasteiger charge is -2.41. The monoisotopic (exact) mass is 464 g/mol. The zero-order valence-corrected chi connectivity index (χ0v) is 19.8. The molecule has 0 spiro atoms. The fraction of sp³-hybridized carbons (Fsp3) is 0.522. The molecule has 1 heterocycles. The van der Waals surface area contributed by atoms with Crippen LogP contribution in [0.2, 0.25) is 0 Å².